The van der Waals surface area contributed by atoms with Crippen LogP contribution in [0.5, 0.6) is 5.88 Å². The first kappa shape index (κ1) is 30.9. The van der Waals surface area contributed by atoms with Gasteiger partial charge in [-0.1, -0.05) is 24.8 Å². The van der Waals surface area contributed by atoms with Gasteiger partial charge in [-0.2, -0.15) is 4.98 Å². The predicted octanol–water partition coefficient (Wildman–Crippen LogP) is 2.75. The van der Waals surface area contributed by atoms with Crippen molar-refractivity contribution in [2.75, 3.05) is 65.1 Å². The molecule has 3 aromatic rings. The van der Waals surface area contributed by atoms with Gasteiger partial charge in [-0.05, 0) is 45.1 Å². The summed E-state index contributed by atoms with van der Waals surface area (Å²) < 4.78 is 5.30. The van der Waals surface area contributed by atoms with Crippen LogP contribution in [-0.4, -0.2) is 96.2 Å². The van der Waals surface area contributed by atoms with Crippen molar-refractivity contribution in [2.24, 2.45) is 0 Å². The molecule has 2 heterocycles. The summed E-state index contributed by atoms with van der Waals surface area (Å²) in [5, 5.41) is 17.3. The highest BCUT2D eigenvalue weighted by Gasteiger charge is 2.11. The first-order chi connectivity index (χ1) is 19.8. The van der Waals surface area contributed by atoms with Crippen LogP contribution in [0.15, 0.2) is 36.5 Å². The van der Waals surface area contributed by atoms with Gasteiger partial charge in [0.05, 0.1) is 36.3 Å². The average Bonchev–Trinajstić information content (AvgIpc) is 3.36. The van der Waals surface area contributed by atoms with Crippen LogP contribution < -0.4 is 20.7 Å². The summed E-state index contributed by atoms with van der Waals surface area (Å²) in [6, 6.07) is 5.74. The molecule has 4 N–H and O–H groups in total. The number of carbonyl (C=O) groups excluding carboxylic acids is 2. The second-order valence-corrected chi connectivity index (χ2v) is 9.62. The van der Waals surface area contributed by atoms with E-state index in [2.05, 4.69) is 54.9 Å². The number of anilines is 3. The number of nitrogens with one attached hydrogen (secondary N) is 4. The second kappa shape index (κ2) is 15.8. The zero-order chi connectivity index (χ0) is 29.6. The highest BCUT2D eigenvalue weighted by molar-refractivity contribution is 5.91. The molecule has 0 spiro atoms. The lowest BCUT2D eigenvalue weighted by atomic mass is 10.2. The number of H-pyrrole nitrogens is 1. The third-order valence-electron chi connectivity index (χ3n) is 5.82. The van der Waals surface area contributed by atoms with Gasteiger partial charge in [0.1, 0.15) is 5.82 Å². The fourth-order valence-corrected chi connectivity index (χ4v) is 3.67. The van der Waals surface area contributed by atoms with E-state index in [1.54, 1.807) is 26.4 Å². The van der Waals surface area contributed by atoms with Crippen molar-refractivity contribution >= 4 is 40.2 Å². The fourth-order valence-electron chi connectivity index (χ4n) is 3.67. The van der Waals surface area contributed by atoms with Gasteiger partial charge in [-0.3, -0.25) is 14.7 Å². The van der Waals surface area contributed by atoms with Crippen molar-refractivity contribution in [3.8, 4) is 17.7 Å². The highest BCUT2D eigenvalue weighted by Crippen LogP contribution is 2.27. The van der Waals surface area contributed by atoms with Crippen molar-refractivity contribution in [2.45, 2.75) is 26.2 Å². The van der Waals surface area contributed by atoms with E-state index in [0.717, 1.165) is 29.6 Å². The first-order valence-corrected chi connectivity index (χ1v) is 13.5. The number of hydrogen-bond acceptors (Lipinski definition) is 9. The number of methoxy groups -OCH3 is 1. The molecule has 3 rings (SSSR count). The molecule has 0 unspecified atom stereocenters. The molecule has 0 fully saturated rings. The van der Waals surface area contributed by atoms with Crippen LogP contribution in [-0.2, 0) is 9.59 Å². The van der Waals surface area contributed by atoms with E-state index in [-0.39, 0.29) is 18.4 Å². The normalized spacial score (nSPS) is 10.9. The molecule has 0 aliphatic carbocycles. The maximum atomic E-state index is 12.2. The van der Waals surface area contributed by atoms with Crippen LogP contribution in [0.1, 0.15) is 31.7 Å². The predicted molar refractivity (Wildman–Crippen MR) is 161 cm³/mol. The molecule has 0 saturated heterocycles. The molecule has 41 heavy (non-hydrogen) atoms. The second-order valence-electron chi connectivity index (χ2n) is 9.62. The van der Waals surface area contributed by atoms with Crippen LogP contribution in [0, 0.1) is 11.8 Å². The van der Waals surface area contributed by atoms with E-state index < -0.39 is 0 Å². The third kappa shape index (κ3) is 9.81. The zero-order valence-electron chi connectivity index (χ0n) is 24.4. The minimum atomic E-state index is -0.206. The molecule has 0 aliphatic rings. The minimum absolute atomic E-state index is 0.00444. The number of amides is 2. The van der Waals surface area contributed by atoms with Gasteiger partial charge in [-0.25, -0.2) is 4.98 Å². The Morgan fingerprint density at radius 3 is 2.78 bits per heavy atom. The van der Waals surface area contributed by atoms with Crippen molar-refractivity contribution in [1.29, 1.82) is 0 Å². The monoisotopic (exact) mass is 561 g/mol. The molecule has 0 radical (unpaired) electrons. The SMILES string of the molecule is CCCNc1nc(Nc2ccc3[nH]nc(OC)c3c2)ncc1C#CCCCNC(=O)CN(C)C(=O)/C=C/CN(C)C. The molecule has 2 aromatic heterocycles. The van der Waals surface area contributed by atoms with Gasteiger partial charge in [0.15, 0.2) is 0 Å². The van der Waals surface area contributed by atoms with Crippen LogP contribution in [0.4, 0.5) is 17.5 Å². The van der Waals surface area contributed by atoms with Crippen molar-refractivity contribution in [3.05, 3.63) is 42.1 Å². The summed E-state index contributed by atoms with van der Waals surface area (Å²) >= 11 is 0. The number of benzene rings is 1. The first-order valence-electron chi connectivity index (χ1n) is 13.5. The summed E-state index contributed by atoms with van der Waals surface area (Å²) in [5.41, 5.74) is 2.37. The number of nitrogens with zero attached hydrogens (tertiary/aromatic N) is 5. The highest BCUT2D eigenvalue weighted by atomic mass is 16.5. The summed E-state index contributed by atoms with van der Waals surface area (Å²) in [5.74, 6) is 7.48. The van der Waals surface area contributed by atoms with Crippen LogP contribution >= 0.6 is 0 Å². The Balaban J connectivity index is 1.51. The number of unbranched alkanes of at least 4 members (excludes halogenated alkanes) is 1. The Kier molecular flexibility index (Phi) is 11.9. The van der Waals surface area contributed by atoms with Gasteiger partial charge in [0.25, 0.3) is 0 Å². The van der Waals surface area contributed by atoms with E-state index in [4.69, 9.17) is 4.74 Å². The molecular weight excluding hydrogens is 522 g/mol. The maximum absolute atomic E-state index is 12.2. The number of rotatable bonds is 14. The topological polar surface area (TPSA) is 140 Å². The molecule has 0 aliphatic heterocycles. The summed E-state index contributed by atoms with van der Waals surface area (Å²) in [6.45, 7) is 3.96. The molecule has 0 atom stereocenters. The van der Waals surface area contributed by atoms with Gasteiger partial charge in [0, 0.05) is 44.9 Å². The van der Waals surface area contributed by atoms with Gasteiger partial charge in [-0.15, -0.1) is 5.10 Å². The molecule has 12 heteroatoms. The van der Waals surface area contributed by atoms with E-state index >= 15 is 0 Å². The number of likely N-dealkylation sites (N-methyl/N-ethyl adjacent to an activating group) is 2. The molecule has 0 bridgehead atoms. The Bertz CT molecular complexity index is 1410. The quantitative estimate of drug-likeness (QED) is 0.133. The summed E-state index contributed by atoms with van der Waals surface area (Å²) in [6.07, 6.45) is 7.14. The lowest BCUT2D eigenvalue weighted by Gasteiger charge is -2.14. The van der Waals surface area contributed by atoms with Crippen molar-refractivity contribution in [3.63, 3.8) is 0 Å². The molecule has 12 nitrogen and oxygen atoms in total. The fraction of sp³-hybridized carbons (Fsp3) is 0.414. The van der Waals surface area contributed by atoms with E-state index in [1.807, 2.05) is 37.2 Å². The smallest absolute Gasteiger partial charge is 0.246 e. The van der Waals surface area contributed by atoms with E-state index in [9.17, 15) is 9.59 Å². The van der Waals surface area contributed by atoms with Gasteiger partial charge >= 0.3 is 0 Å². The zero-order valence-corrected chi connectivity index (χ0v) is 24.4. The average molecular weight is 562 g/mol. The number of hydrogen-bond donors (Lipinski definition) is 4. The number of fused-ring (bicyclic) bond motifs is 1. The van der Waals surface area contributed by atoms with Crippen LogP contribution in [0.3, 0.4) is 0 Å². The largest absolute Gasteiger partial charge is 0.480 e. The number of ether oxygens (including phenoxy) is 1. The molecular formula is C29H39N9O3. The van der Waals surface area contributed by atoms with Crippen molar-refractivity contribution < 1.29 is 14.3 Å². The lowest BCUT2D eigenvalue weighted by molar-refractivity contribution is -0.131. The van der Waals surface area contributed by atoms with E-state index in [0.29, 0.717) is 49.1 Å². The Hall–Kier alpha value is -4.63. The third-order valence-corrected chi connectivity index (χ3v) is 5.82. The van der Waals surface area contributed by atoms with E-state index in [1.165, 1.54) is 11.0 Å². The Labute approximate surface area is 240 Å². The summed E-state index contributed by atoms with van der Waals surface area (Å²) in [4.78, 5) is 36.7. The Morgan fingerprint density at radius 1 is 1.20 bits per heavy atom. The minimum Gasteiger partial charge on any atom is -0.480 e. The molecule has 0 saturated carbocycles. The molecule has 1 aromatic carbocycles. The van der Waals surface area contributed by atoms with Crippen LogP contribution in [0.25, 0.3) is 10.9 Å². The Morgan fingerprint density at radius 2 is 2.02 bits per heavy atom. The van der Waals surface area contributed by atoms with Gasteiger partial charge < -0.3 is 30.5 Å². The number of aromatic nitrogens is 4. The van der Waals surface area contributed by atoms with Crippen LogP contribution in [0.2, 0.25) is 0 Å². The lowest BCUT2D eigenvalue weighted by Crippen LogP contribution is -2.38. The number of carbonyl (C=O) groups is 2. The maximum Gasteiger partial charge on any atom is 0.246 e. The molecule has 2 amide bonds. The van der Waals surface area contributed by atoms with Gasteiger partial charge in [0.2, 0.25) is 23.6 Å². The summed E-state index contributed by atoms with van der Waals surface area (Å²) in [7, 11) is 7.03. The van der Waals surface area contributed by atoms with Crippen molar-refractivity contribution in [1.82, 2.24) is 35.3 Å². The molecule has 218 valence electrons. The number of aromatic amines is 1. The standard InChI is InChI=1S/C29H39N9O3/c1-6-15-31-27-21(11-8-7-9-16-30-25(39)20-38(4)26(40)12-10-17-37(2)3)19-32-29(34-27)33-22-13-14-24-23(18-22)28(41-5)36-35-24/h10,12-14,18-19H,6-7,9,15-17,20H2,1-5H3,(H,30,39)(H,35,36)(H2,31,32,33,34)/b12-10+.